The highest BCUT2D eigenvalue weighted by Gasteiger charge is 2.54. The fourth-order valence-corrected chi connectivity index (χ4v) is 6.38. The van der Waals surface area contributed by atoms with Crippen LogP contribution in [-0.4, -0.2) is 34.1 Å². The molecule has 1 unspecified atom stereocenters. The van der Waals surface area contributed by atoms with E-state index in [0.717, 1.165) is 44.1 Å². The minimum absolute atomic E-state index is 0.108. The van der Waals surface area contributed by atoms with Gasteiger partial charge in [0.2, 0.25) is 0 Å². The van der Waals surface area contributed by atoms with E-state index < -0.39 is 0 Å². The fourth-order valence-electron chi connectivity index (χ4n) is 6.38. The highest BCUT2D eigenvalue weighted by atomic mass is 16.3. The molecule has 0 aliphatic heterocycles. The zero-order chi connectivity index (χ0) is 17.1. The molecule has 4 rings (SSSR count). The van der Waals surface area contributed by atoms with Gasteiger partial charge in [-0.3, -0.25) is 0 Å². The first-order chi connectivity index (χ1) is 11.4. The number of aliphatic hydroxyl groups excluding tert-OH is 3. The second-order valence-corrected chi connectivity index (χ2v) is 8.70. The molecule has 0 spiro atoms. The summed E-state index contributed by atoms with van der Waals surface area (Å²) in [6.45, 7) is 4.43. The van der Waals surface area contributed by atoms with Crippen molar-refractivity contribution in [3.05, 3.63) is 34.9 Å². The molecule has 24 heavy (non-hydrogen) atoms. The normalized spacial score (nSPS) is 45.4. The lowest BCUT2D eigenvalue weighted by Crippen LogP contribution is -2.46. The second-order valence-electron chi connectivity index (χ2n) is 8.70. The molecule has 4 aliphatic carbocycles. The van der Waals surface area contributed by atoms with Crippen molar-refractivity contribution < 1.29 is 15.3 Å². The first kappa shape index (κ1) is 16.6. The van der Waals surface area contributed by atoms with Crippen LogP contribution >= 0.6 is 0 Å². The predicted molar refractivity (Wildman–Crippen MR) is 94.2 cm³/mol. The maximum atomic E-state index is 10.3. The summed E-state index contributed by atoms with van der Waals surface area (Å²) < 4.78 is 0. The monoisotopic (exact) mass is 330 g/mol. The summed E-state index contributed by atoms with van der Waals surface area (Å²) in [5.74, 6) is 0.714. The van der Waals surface area contributed by atoms with Gasteiger partial charge in [0.15, 0.2) is 0 Å². The van der Waals surface area contributed by atoms with Gasteiger partial charge in [0, 0.05) is 5.41 Å². The summed E-state index contributed by atoms with van der Waals surface area (Å²) in [6.07, 6.45) is 11.6. The van der Waals surface area contributed by atoms with Crippen molar-refractivity contribution in [2.45, 2.75) is 64.6 Å². The topological polar surface area (TPSA) is 60.7 Å². The number of fused-ring (bicyclic) bond motifs is 4. The Morgan fingerprint density at radius 2 is 2.00 bits per heavy atom. The molecule has 0 aromatic rings. The van der Waals surface area contributed by atoms with Crippen LogP contribution in [0.4, 0.5) is 0 Å². The van der Waals surface area contributed by atoms with Crippen molar-refractivity contribution in [3.63, 3.8) is 0 Å². The molecule has 0 bridgehead atoms. The van der Waals surface area contributed by atoms with Crippen LogP contribution in [0.3, 0.4) is 0 Å². The van der Waals surface area contributed by atoms with Gasteiger partial charge in [0.25, 0.3) is 0 Å². The quantitative estimate of drug-likeness (QED) is 0.729. The number of rotatable bonds is 2. The molecule has 3 heteroatoms. The number of hydrogen-bond acceptors (Lipinski definition) is 3. The first-order valence-electron chi connectivity index (χ1n) is 9.53. The summed E-state index contributed by atoms with van der Waals surface area (Å²) in [5, 5.41) is 30.6. The Hall–Kier alpha value is -0.900. The van der Waals surface area contributed by atoms with Gasteiger partial charge in [0.1, 0.15) is 0 Å². The van der Waals surface area contributed by atoms with E-state index in [1.807, 2.05) is 13.0 Å². The molecule has 0 amide bonds. The third-order valence-electron chi connectivity index (χ3n) is 7.70. The Balaban J connectivity index is 1.83. The van der Waals surface area contributed by atoms with Crippen LogP contribution in [0.15, 0.2) is 34.9 Å². The summed E-state index contributed by atoms with van der Waals surface area (Å²) in [4.78, 5) is 0. The standard InChI is InChI=1S/C21H30O3/c1-13(23)17-5-6-18-16-4-3-14-11-15(24)7-10-21(14,12-22)19(16)8-9-20(17,18)2/h3-4,11,13,15,17,19,22-24H,5-10,12H2,1-2H3/t13?,15-,17+,19-,20+,21+/m0/s1. The van der Waals surface area contributed by atoms with Crippen LogP contribution in [0.2, 0.25) is 0 Å². The average molecular weight is 330 g/mol. The largest absolute Gasteiger partial charge is 0.395 e. The summed E-state index contributed by atoms with van der Waals surface area (Å²) in [6, 6.07) is 0. The van der Waals surface area contributed by atoms with E-state index in [1.165, 1.54) is 11.1 Å². The molecule has 3 N–H and O–H groups in total. The van der Waals surface area contributed by atoms with E-state index in [-0.39, 0.29) is 29.6 Å². The molecular weight excluding hydrogens is 300 g/mol. The van der Waals surface area contributed by atoms with E-state index in [1.54, 1.807) is 0 Å². The van der Waals surface area contributed by atoms with Gasteiger partial charge in [-0.25, -0.2) is 0 Å². The van der Waals surface area contributed by atoms with E-state index in [4.69, 9.17) is 0 Å². The minimum atomic E-state index is -0.376. The van der Waals surface area contributed by atoms with E-state index in [2.05, 4.69) is 19.1 Å². The maximum absolute atomic E-state index is 10.3. The van der Waals surface area contributed by atoms with Gasteiger partial charge in [-0.15, -0.1) is 0 Å². The molecule has 0 aromatic heterocycles. The molecule has 6 atom stereocenters. The van der Waals surface area contributed by atoms with Crippen molar-refractivity contribution in [1.29, 1.82) is 0 Å². The third-order valence-corrected chi connectivity index (χ3v) is 7.70. The van der Waals surface area contributed by atoms with Gasteiger partial charge in [-0.1, -0.05) is 30.7 Å². The van der Waals surface area contributed by atoms with Gasteiger partial charge in [0.05, 0.1) is 18.8 Å². The highest BCUT2D eigenvalue weighted by Crippen LogP contribution is 2.62. The Bertz CT molecular complexity index is 629. The Morgan fingerprint density at radius 3 is 2.71 bits per heavy atom. The lowest BCUT2D eigenvalue weighted by atomic mass is 9.53. The van der Waals surface area contributed by atoms with E-state index in [0.29, 0.717) is 11.8 Å². The first-order valence-corrected chi connectivity index (χ1v) is 9.53. The van der Waals surface area contributed by atoms with Gasteiger partial charge >= 0.3 is 0 Å². The number of aliphatic hydroxyl groups is 3. The minimum Gasteiger partial charge on any atom is -0.395 e. The van der Waals surface area contributed by atoms with Crippen LogP contribution in [-0.2, 0) is 0 Å². The smallest absolute Gasteiger partial charge is 0.0727 e. The van der Waals surface area contributed by atoms with Crippen LogP contribution in [0.5, 0.6) is 0 Å². The SMILES string of the molecule is CC(O)[C@H]1CCC2=C3C=CC4=C[C@@H](O)CC[C@]4(CO)[C@H]3CC[C@@]21C. The summed E-state index contributed by atoms with van der Waals surface area (Å²) in [7, 11) is 0. The molecule has 4 aliphatic rings. The lowest BCUT2D eigenvalue weighted by Gasteiger charge is -2.52. The highest BCUT2D eigenvalue weighted by molar-refractivity contribution is 5.49. The number of hydrogen-bond donors (Lipinski definition) is 3. The molecular formula is C21H30O3. The molecule has 1 fully saturated rings. The molecule has 0 radical (unpaired) electrons. The molecule has 0 saturated heterocycles. The maximum Gasteiger partial charge on any atom is 0.0727 e. The number of allylic oxidation sites excluding steroid dienone is 4. The zero-order valence-electron chi connectivity index (χ0n) is 14.8. The Morgan fingerprint density at radius 1 is 1.21 bits per heavy atom. The summed E-state index contributed by atoms with van der Waals surface area (Å²) in [5.41, 5.74) is 3.98. The molecule has 0 heterocycles. The fraction of sp³-hybridized carbons (Fsp3) is 0.714. The zero-order valence-corrected chi connectivity index (χ0v) is 14.8. The molecule has 132 valence electrons. The lowest BCUT2D eigenvalue weighted by molar-refractivity contribution is 0.0344. The third kappa shape index (κ3) is 2.07. The van der Waals surface area contributed by atoms with Gasteiger partial charge in [-0.05, 0) is 73.8 Å². The van der Waals surface area contributed by atoms with Crippen LogP contribution < -0.4 is 0 Å². The van der Waals surface area contributed by atoms with Crippen molar-refractivity contribution in [1.82, 2.24) is 0 Å². The van der Waals surface area contributed by atoms with E-state index in [9.17, 15) is 15.3 Å². The molecule has 0 aromatic carbocycles. The molecule has 1 saturated carbocycles. The van der Waals surface area contributed by atoms with Crippen LogP contribution in [0.1, 0.15) is 52.4 Å². The average Bonchev–Trinajstić information content (AvgIpc) is 2.91. The predicted octanol–water partition coefficient (Wildman–Crippen LogP) is 3.12. The van der Waals surface area contributed by atoms with Crippen LogP contribution in [0.25, 0.3) is 0 Å². The van der Waals surface area contributed by atoms with Gasteiger partial charge in [-0.2, -0.15) is 0 Å². The summed E-state index contributed by atoms with van der Waals surface area (Å²) >= 11 is 0. The van der Waals surface area contributed by atoms with Gasteiger partial charge < -0.3 is 15.3 Å². The van der Waals surface area contributed by atoms with Crippen LogP contribution in [0, 0.1) is 22.7 Å². The second kappa shape index (κ2) is 5.55. The van der Waals surface area contributed by atoms with Crippen molar-refractivity contribution >= 4 is 0 Å². The van der Waals surface area contributed by atoms with Crippen molar-refractivity contribution in [2.24, 2.45) is 22.7 Å². The van der Waals surface area contributed by atoms with E-state index >= 15 is 0 Å². The van der Waals surface area contributed by atoms with Crippen molar-refractivity contribution in [3.8, 4) is 0 Å². The molecule has 3 nitrogen and oxygen atoms in total. The Labute approximate surface area is 144 Å². The Kier molecular flexibility index (Phi) is 3.83. The van der Waals surface area contributed by atoms with Crippen molar-refractivity contribution in [2.75, 3.05) is 6.61 Å².